The molecule has 0 spiro atoms. The maximum atomic E-state index is 12.3. The third kappa shape index (κ3) is 5.17. The summed E-state index contributed by atoms with van der Waals surface area (Å²) in [5, 5.41) is 10.1. The lowest BCUT2D eigenvalue weighted by Gasteiger charge is -2.10. The fraction of sp³-hybridized carbons (Fsp3) is 0.200. The number of anilines is 2. The number of halogens is 1. The Morgan fingerprint density at radius 1 is 1.11 bits per heavy atom. The zero-order valence-corrected chi connectivity index (χ0v) is 16.2. The molecule has 0 unspecified atom stereocenters. The molecule has 0 saturated heterocycles. The van der Waals surface area contributed by atoms with Crippen LogP contribution in [0.2, 0.25) is 5.02 Å². The molecule has 2 aromatic carbocycles. The van der Waals surface area contributed by atoms with Gasteiger partial charge < -0.3 is 15.2 Å². The number of nitrogens with one attached hydrogen (secondary N) is 2. The molecule has 7 nitrogen and oxygen atoms in total. The first-order chi connectivity index (χ1) is 13.4. The van der Waals surface area contributed by atoms with Crippen LogP contribution in [0.4, 0.5) is 11.4 Å². The second-order valence-corrected chi connectivity index (χ2v) is 6.71. The number of amides is 2. The van der Waals surface area contributed by atoms with Crippen LogP contribution in [0, 0.1) is 6.92 Å². The van der Waals surface area contributed by atoms with Crippen molar-refractivity contribution >= 4 is 34.8 Å². The van der Waals surface area contributed by atoms with Crippen molar-refractivity contribution in [2.24, 2.45) is 0 Å². The van der Waals surface area contributed by atoms with Gasteiger partial charge in [0.15, 0.2) is 0 Å². The summed E-state index contributed by atoms with van der Waals surface area (Å²) in [4.78, 5) is 27.8. The Kier molecular flexibility index (Phi) is 6.06. The predicted octanol–water partition coefficient (Wildman–Crippen LogP) is 4.23. The third-order valence-corrected chi connectivity index (χ3v) is 4.22. The van der Waals surface area contributed by atoms with Crippen LogP contribution in [-0.4, -0.2) is 22.0 Å². The minimum atomic E-state index is -0.186. The van der Waals surface area contributed by atoms with E-state index < -0.39 is 0 Å². The second-order valence-electron chi connectivity index (χ2n) is 6.28. The van der Waals surface area contributed by atoms with E-state index in [1.54, 1.807) is 36.4 Å². The normalized spacial score (nSPS) is 10.5. The van der Waals surface area contributed by atoms with E-state index in [1.165, 1.54) is 6.92 Å². The fourth-order valence-corrected chi connectivity index (χ4v) is 2.67. The maximum absolute atomic E-state index is 12.3. The summed E-state index contributed by atoms with van der Waals surface area (Å²) in [5.74, 6) is 0.470. The van der Waals surface area contributed by atoms with E-state index in [9.17, 15) is 9.59 Å². The van der Waals surface area contributed by atoms with Crippen LogP contribution in [0.5, 0.6) is 0 Å². The molecule has 0 aliphatic carbocycles. The first-order valence-electron chi connectivity index (χ1n) is 8.67. The maximum Gasteiger partial charge on any atom is 0.227 e. The molecular weight excluding hydrogens is 380 g/mol. The van der Waals surface area contributed by atoms with Gasteiger partial charge in [0.25, 0.3) is 0 Å². The number of aryl methyl sites for hydroxylation is 2. The molecule has 8 heteroatoms. The van der Waals surface area contributed by atoms with Gasteiger partial charge in [-0.15, -0.1) is 0 Å². The van der Waals surface area contributed by atoms with E-state index >= 15 is 0 Å². The zero-order valence-electron chi connectivity index (χ0n) is 15.5. The molecule has 0 atom stereocenters. The summed E-state index contributed by atoms with van der Waals surface area (Å²) in [7, 11) is 0. The molecule has 0 bridgehead atoms. The average molecular weight is 399 g/mol. The van der Waals surface area contributed by atoms with Crippen LogP contribution in [0.1, 0.15) is 24.8 Å². The second kappa shape index (κ2) is 8.67. The lowest BCUT2D eigenvalue weighted by atomic mass is 10.1. The lowest BCUT2D eigenvalue weighted by Crippen LogP contribution is -2.14. The first-order valence-corrected chi connectivity index (χ1v) is 9.05. The summed E-state index contributed by atoms with van der Waals surface area (Å²) in [6.07, 6.45) is 0.503. The molecule has 0 fully saturated rings. The number of benzene rings is 2. The summed E-state index contributed by atoms with van der Waals surface area (Å²) >= 11 is 5.87. The van der Waals surface area contributed by atoms with Crippen molar-refractivity contribution in [3.8, 4) is 11.4 Å². The molecule has 2 amide bonds. The number of aromatic nitrogens is 2. The van der Waals surface area contributed by atoms with Gasteiger partial charge in [-0.2, -0.15) is 4.98 Å². The molecule has 0 radical (unpaired) electrons. The SMILES string of the molecule is CC(=O)Nc1ccc(C)c(NC(=O)CCc2nc(-c3ccc(Cl)cc3)no2)c1. The number of carbonyl (C=O) groups is 2. The molecule has 0 aliphatic rings. The summed E-state index contributed by atoms with van der Waals surface area (Å²) in [6, 6.07) is 12.4. The van der Waals surface area contributed by atoms with E-state index in [2.05, 4.69) is 20.8 Å². The summed E-state index contributed by atoms with van der Waals surface area (Å²) in [6.45, 7) is 3.31. The number of rotatable bonds is 6. The monoisotopic (exact) mass is 398 g/mol. The Morgan fingerprint density at radius 2 is 1.86 bits per heavy atom. The van der Waals surface area contributed by atoms with Gasteiger partial charge in [-0.05, 0) is 48.9 Å². The minimum Gasteiger partial charge on any atom is -0.339 e. The van der Waals surface area contributed by atoms with Gasteiger partial charge >= 0.3 is 0 Å². The highest BCUT2D eigenvalue weighted by atomic mass is 35.5. The third-order valence-electron chi connectivity index (χ3n) is 3.97. The zero-order chi connectivity index (χ0) is 20.1. The number of nitrogens with zero attached hydrogens (tertiary/aromatic N) is 2. The summed E-state index contributed by atoms with van der Waals surface area (Å²) in [5.41, 5.74) is 2.95. The van der Waals surface area contributed by atoms with Crippen molar-refractivity contribution < 1.29 is 14.1 Å². The van der Waals surface area contributed by atoms with Crippen LogP contribution < -0.4 is 10.6 Å². The molecule has 1 aromatic heterocycles. The van der Waals surface area contributed by atoms with Crippen molar-refractivity contribution in [1.82, 2.24) is 10.1 Å². The van der Waals surface area contributed by atoms with Crippen molar-refractivity contribution in [2.45, 2.75) is 26.7 Å². The minimum absolute atomic E-state index is 0.172. The molecule has 0 saturated carbocycles. The van der Waals surface area contributed by atoms with E-state index in [1.807, 2.05) is 13.0 Å². The molecule has 28 heavy (non-hydrogen) atoms. The van der Waals surface area contributed by atoms with Crippen LogP contribution in [0.3, 0.4) is 0 Å². The number of hydrogen-bond donors (Lipinski definition) is 2. The number of carbonyl (C=O) groups excluding carboxylic acids is 2. The van der Waals surface area contributed by atoms with Gasteiger partial charge in [0.2, 0.25) is 23.5 Å². The van der Waals surface area contributed by atoms with Crippen LogP contribution in [-0.2, 0) is 16.0 Å². The van der Waals surface area contributed by atoms with Crippen LogP contribution in [0.15, 0.2) is 47.0 Å². The van der Waals surface area contributed by atoms with E-state index in [0.29, 0.717) is 34.5 Å². The highest BCUT2D eigenvalue weighted by Gasteiger charge is 2.12. The van der Waals surface area contributed by atoms with Crippen molar-refractivity contribution in [1.29, 1.82) is 0 Å². The molecule has 2 N–H and O–H groups in total. The predicted molar refractivity (Wildman–Crippen MR) is 107 cm³/mol. The van der Waals surface area contributed by atoms with Gasteiger partial charge in [-0.3, -0.25) is 9.59 Å². The van der Waals surface area contributed by atoms with Crippen LogP contribution >= 0.6 is 11.6 Å². The molecule has 3 rings (SSSR count). The largest absolute Gasteiger partial charge is 0.339 e. The Labute approximate surface area is 167 Å². The standard InChI is InChI=1S/C20H19ClN4O3/c1-12-3-8-16(22-13(2)26)11-17(12)23-18(27)9-10-19-24-20(25-28-19)14-4-6-15(21)7-5-14/h3-8,11H,9-10H2,1-2H3,(H,22,26)(H,23,27). The number of hydrogen-bond acceptors (Lipinski definition) is 5. The molecule has 3 aromatic rings. The quantitative estimate of drug-likeness (QED) is 0.647. The van der Waals surface area contributed by atoms with Gasteiger partial charge in [0.05, 0.1) is 0 Å². The van der Waals surface area contributed by atoms with Gasteiger partial charge in [-0.25, -0.2) is 0 Å². The molecule has 144 valence electrons. The lowest BCUT2D eigenvalue weighted by molar-refractivity contribution is -0.116. The Hall–Kier alpha value is -3.19. The van der Waals surface area contributed by atoms with Crippen molar-refractivity contribution in [3.05, 3.63) is 58.9 Å². The smallest absolute Gasteiger partial charge is 0.227 e. The highest BCUT2D eigenvalue weighted by Crippen LogP contribution is 2.21. The van der Waals surface area contributed by atoms with Gasteiger partial charge in [0.1, 0.15) is 0 Å². The Balaban J connectivity index is 1.59. The Morgan fingerprint density at radius 3 is 2.57 bits per heavy atom. The summed E-state index contributed by atoms with van der Waals surface area (Å²) < 4.78 is 5.21. The highest BCUT2D eigenvalue weighted by molar-refractivity contribution is 6.30. The van der Waals surface area contributed by atoms with Gasteiger partial charge in [-0.1, -0.05) is 22.8 Å². The topological polar surface area (TPSA) is 97.1 Å². The van der Waals surface area contributed by atoms with E-state index in [-0.39, 0.29) is 18.2 Å². The molecule has 1 heterocycles. The van der Waals surface area contributed by atoms with Crippen molar-refractivity contribution in [3.63, 3.8) is 0 Å². The average Bonchev–Trinajstić information content (AvgIpc) is 3.12. The van der Waals surface area contributed by atoms with E-state index in [4.69, 9.17) is 16.1 Å². The van der Waals surface area contributed by atoms with E-state index in [0.717, 1.165) is 11.1 Å². The molecule has 0 aliphatic heterocycles. The fourth-order valence-electron chi connectivity index (χ4n) is 2.54. The van der Waals surface area contributed by atoms with Crippen LogP contribution in [0.25, 0.3) is 11.4 Å². The molecular formula is C20H19ClN4O3. The van der Waals surface area contributed by atoms with Crippen molar-refractivity contribution in [2.75, 3.05) is 10.6 Å². The van der Waals surface area contributed by atoms with Gasteiger partial charge in [0, 0.05) is 41.7 Å². The Bertz CT molecular complexity index is 999. The first kappa shape index (κ1) is 19.6.